The molecule has 0 bridgehead atoms. The monoisotopic (exact) mass is 334 g/mol. The van der Waals surface area contributed by atoms with Gasteiger partial charge in [0.1, 0.15) is 0 Å². The Morgan fingerprint density at radius 3 is 2.89 bits per heavy atom. The van der Waals surface area contributed by atoms with E-state index in [2.05, 4.69) is 31.7 Å². The number of nitrogens with two attached hydrogens (primary N) is 1. The summed E-state index contributed by atoms with van der Waals surface area (Å²) in [6, 6.07) is 1.62. The summed E-state index contributed by atoms with van der Waals surface area (Å²) in [5, 5.41) is 2.59. The molecule has 0 aromatic carbocycles. The Hall–Kier alpha value is -0.990. The van der Waals surface area contributed by atoms with E-state index in [1.54, 1.807) is 19.2 Å². The van der Waals surface area contributed by atoms with E-state index in [0.29, 0.717) is 22.4 Å². The maximum absolute atomic E-state index is 11.9. The van der Waals surface area contributed by atoms with Gasteiger partial charge in [0.05, 0.1) is 5.56 Å². The number of rotatable bonds is 5. The molecule has 100 valence electrons. The summed E-state index contributed by atoms with van der Waals surface area (Å²) in [4.78, 5) is 15.9. The Balaban J connectivity index is 2.78. The number of nitrogens with zero attached hydrogens (tertiary/aromatic N) is 1. The number of anilines is 1. The summed E-state index contributed by atoms with van der Waals surface area (Å²) < 4.78 is 11.9. The first-order valence-electron chi connectivity index (χ1n) is 5.18. The number of amides is 1. The van der Waals surface area contributed by atoms with Gasteiger partial charge >= 0.3 is 0 Å². The molecule has 1 aromatic rings. The third-order valence-electron chi connectivity index (χ3n) is 2.35. The lowest BCUT2D eigenvalue weighted by atomic mass is 10.2. The van der Waals surface area contributed by atoms with Crippen LogP contribution in [0, 0.1) is 0 Å². The third kappa shape index (κ3) is 4.04. The Morgan fingerprint density at radius 1 is 1.67 bits per heavy atom. The van der Waals surface area contributed by atoms with E-state index in [0.717, 1.165) is 0 Å². The predicted octanol–water partition coefficient (Wildman–Crippen LogP) is 0.627. The van der Waals surface area contributed by atoms with Gasteiger partial charge in [-0.15, -0.1) is 0 Å². The zero-order valence-electron chi connectivity index (χ0n) is 10.1. The molecule has 1 rings (SSSR count). The fourth-order valence-electron chi connectivity index (χ4n) is 1.18. The lowest BCUT2D eigenvalue weighted by Crippen LogP contribution is -2.33. The van der Waals surface area contributed by atoms with Crippen molar-refractivity contribution in [2.75, 3.05) is 18.2 Å². The van der Waals surface area contributed by atoms with Crippen LogP contribution in [0.15, 0.2) is 16.7 Å². The van der Waals surface area contributed by atoms with Gasteiger partial charge in [0.25, 0.3) is 5.91 Å². The molecular weight excluding hydrogens is 320 g/mol. The number of carbonyl (C=O) groups excluding carboxylic acids is 1. The molecular formula is C10H15BrN4O2S. The number of aromatic nitrogens is 1. The second-order valence-corrected chi connectivity index (χ2v) is 6.43. The average Bonchev–Trinajstić information content (AvgIpc) is 2.35. The van der Waals surface area contributed by atoms with Crippen LogP contribution in [0.2, 0.25) is 0 Å². The van der Waals surface area contributed by atoms with Crippen molar-refractivity contribution < 1.29 is 9.00 Å². The van der Waals surface area contributed by atoms with Gasteiger partial charge in [0.2, 0.25) is 0 Å². The van der Waals surface area contributed by atoms with Crippen molar-refractivity contribution in [2.45, 2.75) is 12.2 Å². The molecule has 0 aliphatic heterocycles. The molecule has 0 spiro atoms. The first-order chi connectivity index (χ1) is 8.45. The van der Waals surface area contributed by atoms with E-state index in [9.17, 15) is 9.00 Å². The zero-order valence-corrected chi connectivity index (χ0v) is 12.5. The summed E-state index contributed by atoms with van der Waals surface area (Å²) in [5.74, 6) is 5.27. The van der Waals surface area contributed by atoms with Gasteiger partial charge in [-0.05, 0) is 28.9 Å². The van der Waals surface area contributed by atoms with Gasteiger partial charge in [-0.25, -0.2) is 10.8 Å². The molecule has 18 heavy (non-hydrogen) atoms. The molecule has 0 aliphatic rings. The number of nitrogen functional groups attached to an aromatic ring is 1. The summed E-state index contributed by atoms with van der Waals surface area (Å²) in [5.41, 5.74) is 2.70. The number of pyridine rings is 1. The number of carbonyl (C=O) groups is 1. The van der Waals surface area contributed by atoms with Crippen LogP contribution in [0.25, 0.3) is 0 Å². The summed E-state index contributed by atoms with van der Waals surface area (Å²) in [6.45, 7) is 2.14. The molecule has 6 nitrogen and oxygen atoms in total. The van der Waals surface area contributed by atoms with E-state index in [4.69, 9.17) is 5.84 Å². The first kappa shape index (κ1) is 15.1. The molecule has 1 aromatic heterocycles. The van der Waals surface area contributed by atoms with Crippen LogP contribution in [0.3, 0.4) is 0 Å². The van der Waals surface area contributed by atoms with Crippen LogP contribution in [-0.4, -0.2) is 33.2 Å². The Kier molecular flexibility index (Phi) is 5.70. The number of hydrogen-bond donors (Lipinski definition) is 3. The van der Waals surface area contributed by atoms with Gasteiger partial charge in [-0.3, -0.25) is 9.00 Å². The lowest BCUT2D eigenvalue weighted by molar-refractivity contribution is 0.0954. The topological polar surface area (TPSA) is 97.1 Å². The Bertz CT molecular complexity index is 469. The number of halogens is 1. The van der Waals surface area contributed by atoms with Crippen molar-refractivity contribution in [1.29, 1.82) is 0 Å². The minimum atomic E-state index is -0.975. The molecule has 0 saturated heterocycles. The molecule has 8 heteroatoms. The van der Waals surface area contributed by atoms with Crippen LogP contribution in [0.5, 0.6) is 0 Å². The normalized spacial score (nSPS) is 13.8. The lowest BCUT2D eigenvalue weighted by Gasteiger charge is -2.12. The average molecular weight is 335 g/mol. The highest BCUT2D eigenvalue weighted by atomic mass is 79.9. The molecule has 1 heterocycles. The van der Waals surface area contributed by atoms with Gasteiger partial charge < -0.3 is 10.7 Å². The zero-order chi connectivity index (χ0) is 13.7. The Morgan fingerprint density at radius 2 is 2.33 bits per heavy atom. The molecule has 2 unspecified atom stereocenters. The first-order valence-corrected chi connectivity index (χ1v) is 7.59. The van der Waals surface area contributed by atoms with E-state index < -0.39 is 10.8 Å². The number of nitrogens with one attached hydrogen (secondary N) is 2. The molecule has 1 amide bonds. The Labute approximate surface area is 116 Å². The third-order valence-corrected chi connectivity index (χ3v) is 4.09. The van der Waals surface area contributed by atoms with Gasteiger partial charge in [0, 0.05) is 39.5 Å². The highest BCUT2D eigenvalue weighted by Gasteiger charge is 2.14. The summed E-state index contributed by atoms with van der Waals surface area (Å²) >= 11 is 3.24. The fourth-order valence-corrected chi connectivity index (χ4v) is 1.83. The number of hydrazine groups is 1. The highest BCUT2D eigenvalue weighted by Crippen LogP contribution is 2.17. The van der Waals surface area contributed by atoms with E-state index >= 15 is 0 Å². The maximum atomic E-state index is 11.9. The predicted molar refractivity (Wildman–Crippen MR) is 75.6 cm³/mol. The minimum Gasteiger partial charge on any atom is -0.351 e. The van der Waals surface area contributed by atoms with Crippen LogP contribution in [0.4, 0.5) is 5.82 Å². The summed E-state index contributed by atoms with van der Waals surface area (Å²) in [7, 11) is -0.975. The quantitative estimate of drug-likeness (QED) is 0.542. The van der Waals surface area contributed by atoms with Crippen molar-refractivity contribution >= 4 is 38.5 Å². The molecule has 2 atom stereocenters. The SMILES string of the molecule is CC(CNC(=O)c1cc(Br)cnc1NN)S(C)=O. The van der Waals surface area contributed by atoms with Crippen LogP contribution >= 0.6 is 15.9 Å². The van der Waals surface area contributed by atoms with Crippen LogP contribution in [-0.2, 0) is 10.8 Å². The second kappa shape index (κ2) is 6.81. The van der Waals surface area contributed by atoms with Crippen LogP contribution < -0.4 is 16.6 Å². The van der Waals surface area contributed by atoms with Gasteiger partial charge in [-0.2, -0.15) is 0 Å². The maximum Gasteiger partial charge on any atom is 0.255 e. The van der Waals surface area contributed by atoms with Crippen molar-refractivity contribution in [1.82, 2.24) is 10.3 Å². The molecule has 0 radical (unpaired) electrons. The van der Waals surface area contributed by atoms with Crippen molar-refractivity contribution in [3.63, 3.8) is 0 Å². The van der Waals surface area contributed by atoms with Crippen LogP contribution in [0.1, 0.15) is 17.3 Å². The van der Waals surface area contributed by atoms with Gasteiger partial charge in [0.15, 0.2) is 5.82 Å². The minimum absolute atomic E-state index is 0.108. The van der Waals surface area contributed by atoms with Crippen molar-refractivity contribution in [3.05, 3.63) is 22.3 Å². The van der Waals surface area contributed by atoms with E-state index in [1.807, 2.05) is 0 Å². The molecule has 0 saturated carbocycles. The fraction of sp³-hybridized carbons (Fsp3) is 0.400. The van der Waals surface area contributed by atoms with Crippen molar-refractivity contribution in [3.8, 4) is 0 Å². The van der Waals surface area contributed by atoms with E-state index in [-0.39, 0.29) is 11.2 Å². The largest absolute Gasteiger partial charge is 0.351 e. The van der Waals surface area contributed by atoms with Gasteiger partial charge in [-0.1, -0.05) is 0 Å². The highest BCUT2D eigenvalue weighted by molar-refractivity contribution is 9.10. The molecule has 0 fully saturated rings. The second-order valence-electron chi connectivity index (χ2n) is 3.71. The van der Waals surface area contributed by atoms with E-state index in [1.165, 1.54) is 6.20 Å². The molecule has 4 N–H and O–H groups in total. The van der Waals surface area contributed by atoms with Crippen molar-refractivity contribution in [2.24, 2.45) is 5.84 Å². The number of hydrogen-bond acceptors (Lipinski definition) is 5. The standard InChI is InChI=1S/C10H15BrN4O2S/c1-6(18(2)17)4-14-10(16)8-3-7(11)5-13-9(8)15-12/h3,5-6H,4,12H2,1-2H3,(H,13,15)(H,14,16). The molecule has 0 aliphatic carbocycles. The summed E-state index contributed by atoms with van der Waals surface area (Å²) in [6.07, 6.45) is 3.14. The smallest absolute Gasteiger partial charge is 0.255 e.